The fourth-order valence-electron chi connectivity index (χ4n) is 1.81. The lowest BCUT2D eigenvalue weighted by atomic mass is 10.0. The molecule has 84 valence electrons. The van der Waals surface area contributed by atoms with Crippen molar-refractivity contribution < 1.29 is 0 Å². The molecule has 0 amide bonds. The normalized spacial score (nSPS) is 12.9. The van der Waals surface area contributed by atoms with E-state index in [0.717, 1.165) is 24.8 Å². The summed E-state index contributed by atoms with van der Waals surface area (Å²) in [6.45, 7) is 2.13. The van der Waals surface area contributed by atoms with Gasteiger partial charge >= 0.3 is 0 Å². The van der Waals surface area contributed by atoms with Crippen LogP contribution in [0.15, 0.2) is 36.5 Å². The van der Waals surface area contributed by atoms with E-state index < -0.39 is 0 Å². The van der Waals surface area contributed by atoms with E-state index in [-0.39, 0.29) is 0 Å². The van der Waals surface area contributed by atoms with Gasteiger partial charge in [0.05, 0.1) is 5.52 Å². The van der Waals surface area contributed by atoms with Gasteiger partial charge in [0.1, 0.15) is 0 Å². The molecule has 0 saturated heterocycles. The molecule has 2 rings (SSSR count). The van der Waals surface area contributed by atoms with Gasteiger partial charge in [0.25, 0.3) is 0 Å². The predicted octanol–water partition coefficient (Wildman–Crippen LogP) is 2.90. The van der Waals surface area contributed by atoms with E-state index in [1.54, 1.807) is 0 Å². The standard InChI is InChI=1S/C14H18N2/c1-2-13(15)8-7-11-9-12-5-3-4-6-14(12)16-10-11/h3-6,9-10,13H,2,7-8,15H2,1H3. The number of aryl methyl sites for hydroxylation is 1. The van der Waals surface area contributed by atoms with Crippen LogP contribution in [0.1, 0.15) is 25.3 Å². The van der Waals surface area contributed by atoms with Crippen molar-refractivity contribution >= 4 is 10.9 Å². The number of aromatic nitrogens is 1. The third-order valence-electron chi connectivity index (χ3n) is 2.98. The summed E-state index contributed by atoms with van der Waals surface area (Å²) in [6.07, 6.45) is 5.06. The van der Waals surface area contributed by atoms with E-state index in [1.807, 2.05) is 24.4 Å². The molecule has 0 aliphatic rings. The smallest absolute Gasteiger partial charge is 0.0702 e. The Kier molecular flexibility index (Phi) is 3.52. The molecule has 1 aromatic carbocycles. The molecule has 1 aromatic heterocycles. The largest absolute Gasteiger partial charge is 0.328 e. The summed E-state index contributed by atoms with van der Waals surface area (Å²) in [6, 6.07) is 10.7. The zero-order valence-corrected chi connectivity index (χ0v) is 9.69. The van der Waals surface area contributed by atoms with Crippen LogP contribution in [0.25, 0.3) is 10.9 Å². The van der Waals surface area contributed by atoms with Crippen LogP contribution in [-0.2, 0) is 6.42 Å². The van der Waals surface area contributed by atoms with Crippen molar-refractivity contribution in [1.82, 2.24) is 4.98 Å². The van der Waals surface area contributed by atoms with Crippen LogP contribution in [0.5, 0.6) is 0 Å². The summed E-state index contributed by atoms with van der Waals surface area (Å²) < 4.78 is 0. The summed E-state index contributed by atoms with van der Waals surface area (Å²) in [5.41, 5.74) is 8.25. The Labute approximate surface area is 96.5 Å². The maximum Gasteiger partial charge on any atom is 0.0702 e. The Morgan fingerprint density at radius 3 is 2.94 bits per heavy atom. The van der Waals surface area contributed by atoms with Gasteiger partial charge in [-0.2, -0.15) is 0 Å². The van der Waals surface area contributed by atoms with Crippen molar-refractivity contribution in [3.63, 3.8) is 0 Å². The molecule has 0 saturated carbocycles. The molecule has 1 atom stereocenters. The van der Waals surface area contributed by atoms with Crippen LogP contribution < -0.4 is 5.73 Å². The van der Waals surface area contributed by atoms with Crippen molar-refractivity contribution in [1.29, 1.82) is 0 Å². The number of hydrogen-bond donors (Lipinski definition) is 1. The summed E-state index contributed by atoms with van der Waals surface area (Å²) in [4.78, 5) is 4.44. The zero-order valence-electron chi connectivity index (χ0n) is 9.69. The third-order valence-corrected chi connectivity index (χ3v) is 2.98. The van der Waals surface area contributed by atoms with Crippen LogP contribution in [-0.4, -0.2) is 11.0 Å². The van der Waals surface area contributed by atoms with E-state index in [4.69, 9.17) is 5.73 Å². The number of nitrogens with two attached hydrogens (primary N) is 1. The fraction of sp³-hybridized carbons (Fsp3) is 0.357. The lowest BCUT2D eigenvalue weighted by molar-refractivity contribution is 0.596. The van der Waals surface area contributed by atoms with Gasteiger partial charge in [-0.3, -0.25) is 4.98 Å². The molecule has 1 unspecified atom stereocenters. The van der Waals surface area contributed by atoms with Gasteiger partial charge in [-0.15, -0.1) is 0 Å². The first kappa shape index (κ1) is 11.1. The highest BCUT2D eigenvalue weighted by Gasteiger charge is 2.01. The van der Waals surface area contributed by atoms with Crippen LogP contribution in [0.2, 0.25) is 0 Å². The molecule has 0 aliphatic heterocycles. The summed E-state index contributed by atoms with van der Waals surface area (Å²) >= 11 is 0. The van der Waals surface area contributed by atoms with Gasteiger partial charge in [-0.25, -0.2) is 0 Å². The Balaban J connectivity index is 2.13. The monoisotopic (exact) mass is 214 g/mol. The molecule has 0 bridgehead atoms. The maximum absolute atomic E-state index is 5.91. The number of para-hydroxylation sites is 1. The minimum Gasteiger partial charge on any atom is -0.328 e. The van der Waals surface area contributed by atoms with Crippen molar-refractivity contribution in [2.24, 2.45) is 5.73 Å². The zero-order chi connectivity index (χ0) is 11.4. The predicted molar refractivity (Wildman–Crippen MR) is 68.3 cm³/mol. The highest BCUT2D eigenvalue weighted by Crippen LogP contribution is 2.14. The number of pyridine rings is 1. The first-order valence-electron chi connectivity index (χ1n) is 5.89. The van der Waals surface area contributed by atoms with Gasteiger partial charge in [0.15, 0.2) is 0 Å². The highest BCUT2D eigenvalue weighted by molar-refractivity contribution is 5.78. The molecule has 0 fully saturated rings. The second kappa shape index (κ2) is 5.08. The second-order valence-corrected chi connectivity index (χ2v) is 4.24. The molecule has 0 radical (unpaired) electrons. The van der Waals surface area contributed by atoms with E-state index in [9.17, 15) is 0 Å². The first-order valence-corrected chi connectivity index (χ1v) is 5.89. The SMILES string of the molecule is CCC(N)CCc1cnc2ccccc2c1. The number of rotatable bonds is 4. The molecule has 16 heavy (non-hydrogen) atoms. The Morgan fingerprint density at radius 2 is 2.12 bits per heavy atom. The topological polar surface area (TPSA) is 38.9 Å². The number of benzene rings is 1. The molecule has 0 aliphatic carbocycles. The quantitative estimate of drug-likeness (QED) is 0.850. The Morgan fingerprint density at radius 1 is 1.31 bits per heavy atom. The molecule has 2 heteroatoms. The van der Waals surface area contributed by atoms with E-state index in [2.05, 4.69) is 24.0 Å². The third kappa shape index (κ3) is 2.58. The van der Waals surface area contributed by atoms with Crippen LogP contribution in [0.3, 0.4) is 0 Å². The second-order valence-electron chi connectivity index (χ2n) is 4.24. The summed E-state index contributed by atoms with van der Waals surface area (Å²) in [7, 11) is 0. The molecule has 2 N–H and O–H groups in total. The van der Waals surface area contributed by atoms with Crippen LogP contribution in [0, 0.1) is 0 Å². The fourth-order valence-corrected chi connectivity index (χ4v) is 1.81. The van der Waals surface area contributed by atoms with Crippen LogP contribution in [0.4, 0.5) is 0 Å². The number of nitrogens with zero attached hydrogens (tertiary/aromatic N) is 1. The minimum absolute atomic E-state index is 0.312. The minimum atomic E-state index is 0.312. The van der Waals surface area contributed by atoms with Gasteiger partial charge in [-0.1, -0.05) is 25.1 Å². The molecular formula is C14H18N2. The lowest BCUT2D eigenvalue weighted by Crippen LogP contribution is -2.19. The Bertz CT molecular complexity index is 465. The van der Waals surface area contributed by atoms with Gasteiger partial charge < -0.3 is 5.73 Å². The summed E-state index contributed by atoms with van der Waals surface area (Å²) in [5, 5.41) is 1.21. The lowest BCUT2D eigenvalue weighted by Gasteiger charge is -2.08. The molecule has 2 nitrogen and oxygen atoms in total. The number of hydrogen-bond acceptors (Lipinski definition) is 2. The number of fused-ring (bicyclic) bond motifs is 1. The van der Waals surface area contributed by atoms with Gasteiger partial charge in [0.2, 0.25) is 0 Å². The van der Waals surface area contributed by atoms with Crippen molar-refractivity contribution in [3.8, 4) is 0 Å². The van der Waals surface area contributed by atoms with Crippen molar-refractivity contribution in [3.05, 3.63) is 42.1 Å². The van der Waals surface area contributed by atoms with Crippen molar-refractivity contribution in [2.45, 2.75) is 32.2 Å². The van der Waals surface area contributed by atoms with E-state index >= 15 is 0 Å². The van der Waals surface area contributed by atoms with E-state index in [1.165, 1.54) is 10.9 Å². The van der Waals surface area contributed by atoms with Gasteiger partial charge in [0, 0.05) is 17.6 Å². The van der Waals surface area contributed by atoms with Crippen molar-refractivity contribution in [2.75, 3.05) is 0 Å². The molecular weight excluding hydrogens is 196 g/mol. The average molecular weight is 214 g/mol. The summed E-state index contributed by atoms with van der Waals surface area (Å²) in [5.74, 6) is 0. The van der Waals surface area contributed by atoms with E-state index in [0.29, 0.717) is 6.04 Å². The highest BCUT2D eigenvalue weighted by atomic mass is 14.7. The molecule has 2 aromatic rings. The first-order chi connectivity index (χ1) is 7.79. The molecule has 0 spiro atoms. The maximum atomic E-state index is 5.91. The average Bonchev–Trinajstić information content (AvgIpc) is 2.35. The Hall–Kier alpha value is -1.41. The van der Waals surface area contributed by atoms with Gasteiger partial charge in [-0.05, 0) is 37.0 Å². The van der Waals surface area contributed by atoms with Crippen LogP contribution >= 0.6 is 0 Å². The molecule has 1 heterocycles.